The number of amides is 1. The number of carbonyl (C=O) groups excluding carboxylic acids is 1. The molecule has 0 bridgehead atoms. The van der Waals surface area contributed by atoms with E-state index in [1.807, 2.05) is 32.0 Å². The molecule has 1 N–H and O–H groups in total. The molecule has 3 rings (SSSR count). The highest BCUT2D eigenvalue weighted by molar-refractivity contribution is 9.10. The summed E-state index contributed by atoms with van der Waals surface area (Å²) in [7, 11) is 0. The molecule has 1 aliphatic carbocycles. The van der Waals surface area contributed by atoms with E-state index in [1.165, 1.54) is 43.9 Å². The molecule has 0 saturated heterocycles. The van der Waals surface area contributed by atoms with E-state index in [0.29, 0.717) is 11.8 Å². The zero-order chi connectivity index (χ0) is 17.8. The highest BCUT2D eigenvalue weighted by atomic mass is 79.9. The molecule has 2 aromatic rings. The summed E-state index contributed by atoms with van der Waals surface area (Å²) in [5.74, 6) is 1.23. The molecule has 1 aliphatic rings. The lowest BCUT2D eigenvalue weighted by Gasteiger charge is -2.24. The van der Waals surface area contributed by atoms with Crippen LogP contribution in [0.15, 0.2) is 27.8 Å². The predicted octanol–water partition coefficient (Wildman–Crippen LogP) is 4.89. The smallest absolute Gasteiger partial charge is 0.234 e. The van der Waals surface area contributed by atoms with Crippen molar-refractivity contribution in [3.05, 3.63) is 34.1 Å². The Kier molecular flexibility index (Phi) is 6.17. The second-order valence-electron chi connectivity index (χ2n) is 6.51. The Bertz CT molecular complexity index is 756. The first-order valence-electron chi connectivity index (χ1n) is 8.65. The zero-order valence-electron chi connectivity index (χ0n) is 14.6. The van der Waals surface area contributed by atoms with Gasteiger partial charge in [0.2, 0.25) is 5.91 Å². The van der Waals surface area contributed by atoms with E-state index in [0.717, 1.165) is 26.7 Å². The average molecular weight is 423 g/mol. The second-order valence-corrected chi connectivity index (χ2v) is 8.31. The average Bonchev–Trinajstić information content (AvgIpc) is 2.97. The number of benzene rings is 1. The molecule has 1 aromatic carbocycles. The minimum atomic E-state index is -0.0367. The van der Waals surface area contributed by atoms with Crippen LogP contribution in [0.25, 0.3) is 0 Å². The number of halogens is 1. The number of rotatable bonds is 5. The predicted molar refractivity (Wildman–Crippen MR) is 105 cm³/mol. The number of nitrogens with zero attached hydrogens (tertiary/aromatic N) is 3. The van der Waals surface area contributed by atoms with Gasteiger partial charge in [0.05, 0.1) is 11.4 Å². The van der Waals surface area contributed by atoms with Gasteiger partial charge in [-0.3, -0.25) is 4.79 Å². The van der Waals surface area contributed by atoms with Crippen molar-refractivity contribution < 1.29 is 4.79 Å². The van der Waals surface area contributed by atoms with Crippen LogP contribution in [0.1, 0.15) is 49.5 Å². The van der Waals surface area contributed by atoms with E-state index in [2.05, 4.69) is 36.0 Å². The van der Waals surface area contributed by atoms with Gasteiger partial charge in [-0.2, -0.15) is 0 Å². The SMILES string of the molecule is Cc1ccc(NC(=O)CSc2nnc(C)n2C2CCCCC2)c(Br)c1. The maximum atomic E-state index is 12.3. The van der Waals surface area contributed by atoms with Crippen LogP contribution in [0.5, 0.6) is 0 Å². The van der Waals surface area contributed by atoms with Crippen molar-refractivity contribution in [2.45, 2.75) is 57.1 Å². The van der Waals surface area contributed by atoms with Crippen LogP contribution in [-0.4, -0.2) is 26.4 Å². The number of aryl methyl sites for hydroxylation is 2. The van der Waals surface area contributed by atoms with E-state index in [1.54, 1.807) is 0 Å². The van der Waals surface area contributed by atoms with E-state index >= 15 is 0 Å². The molecule has 1 heterocycles. The van der Waals surface area contributed by atoms with E-state index in [-0.39, 0.29) is 5.91 Å². The van der Waals surface area contributed by atoms with Gasteiger partial charge in [-0.05, 0) is 60.3 Å². The molecule has 25 heavy (non-hydrogen) atoms. The summed E-state index contributed by atoms with van der Waals surface area (Å²) in [5.41, 5.74) is 1.94. The molecule has 0 radical (unpaired) electrons. The minimum absolute atomic E-state index is 0.0367. The number of hydrogen-bond donors (Lipinski definition) is 1. The highest BCUT2D eigenvalue weighted by Gasteiger charge is 2.21. The lowest BCUT2D eigenvalue weighted by Crippen LogP contribution is -2.17. The van der Waals surface area contributed by atoms with Gasteiger partial charge in [0.1, 0.15) is 5.82 Å². The van der Waals surface area contributed by atoms with Crippen LogP contribution in [0.2, 0.25) is 0 Å². The van der Waals surface area contributed by atoms with Gasteiger partial charge in [0.25, 0.3) is 0 Å². The number of aromatic nitrogens is 3. The standard InChI is InChI=1S/C18H23BrN4OS/c1-12-8-9-16(15(19)10-12)20-17(24)11-25-18-22-21-13(2)23(18)14-6-4-3-5-7-14/h8-10,14H,3-7,11H2,1-2H3,(H,20,24). The van der Waals surface area contributed by atoms with Crippen molar-refractivity contribution in [1.29, 1.82) is 0 Å². The van der Waals surface area contributed by atoms with Crippen molar-refractivity contribution in [3.8, 4) is 0 Å². The Morgan fingerprint density at radius 2 is 2.04 bits per heavy atom. The lowest BCUT2D eigenvalue weighted by molar-refractivity contribution is -0.113. The Labute approximate surface area is 161 Å². The number of carbonyl (C=O) groups is 1. The summed E-state index contributed by atoms with van der Waals surface area (Å²) in [4.78, 5) is 12.3. The molecule has 1 amide bonds. The van der Waals surface area contributed by atoms with Crippen LogP contribution in [0, 0.1) is 13.8 Å². The molecule has 0 spiro atoms. The molecule has 0 unspecified atom stereocenters. The van der Waals surface area contributed by atoms with E-state index in [9.17, 15) is 4.79 Å². The van der Waals surface area contributed by atoms with E-state index < -0.39 is 0 Å². The van der Waals surface area contributed by atoms with Crippen molar-refractivity contribution in [2.24, 2.45) is 0 Å². The summed E-state index contributed by atoms with van der Waals surface area (Å²) in [5, 5.41) is 12.3. The van der Waals surface area contributed by atoms with Crippen LogP contribution < -0.4 is 5.32 Å². The van der Waals surface area contributed by atoms with Crippen molar-refractivity contribution in [3.63, 3.8) is 0 Å². The van der Waals surface area contributed by atoms with Crippen molar-refractivity contribution >= 4 is 39.3 Å². The van der Waals surface area contributed by atoms with Gasteiger partial charge in [-0.25, -0.2) is 0 Å². The fourth-order valence-corrected chi connectivity index (χ4v) is 4.69. The Balaban J connectivity index is 1.62. The third-order valence-electron chi connectivity index (χ3n) is 4.51. The van der Waals surface area contributed by atoms with Gasteiger partial charge >= 0.3 is 0 Å². The molecule has 0 atom stereocenters. The van der Waals surface area contributed by atoms with Gasteiger partial charge in [0, 0.05) is 10.5 Å². The lowest BCUT2D eigenvalue weighted by atomic mass is 9.95. The summed E-state index contributed by atoms with van der Waals surface area (Å²) in [6.07, 6.45) is 6.18. The normalized spacial score (nSPS) is 15.3. The first kappa shape index (κ1) is 18.5. The monoisotopic (exact) mass is 422 g/mol. The van der Waals surface area contributed by atoms with Crippen molar-refractivity contribution in [1.82, 2.24) is 14.8 Å². The third-order valence-corrected chi connectivity index (χ3v) is 6.11. The summed E-state index contributed by atoms with van der Waals surface area (Å²) >= 11 is 4.95. The number of thioether (sulfide) groups is 1. The maximum Gasteiger partial charge on any atom is 0.234 e. The molecule has 1 saturated carbocycles. The fourth-order valence-electron chi connectivity index (χ4n) is 3.25. The summed E-state index contributed by atoms with van der Waals surface area (Å²) in [6, 6.07) is 6.36. The van der Waals surface area contributed by atoms with Crippen molar-refractivity contribution in [2.75, 3.05) is 11.1 Å². The van der Waals surface area contributed by atoms with Crippen LogP contribution in [-0.2, 0) is 4.79 Å². The van der Waals surface area contributed by atoms with Gasteiger partial charge in [0.15, 0.2) is 5.16 Å². The molecule has 0 aliphatic heterocycles. The first-order chi connectivity index (χ1) is 12.0. The molecule has 7 heteroatoms. The first-order valence-corrected chi connectivity index (χ1v) is 10.4. The molecule has 5 nitrogen and oxygen atoms in total. The second kappa shape index (κ2) is 8.36. The van der Waals surface area contributed by atoms with Gasteiger partial charge < -0.3 is 9.88 Å². The van der Waals surface area contributed by atoms with E-state index in [4.69, 9.17) is 0 Å². The Hall–Kier alpha value is -1.34. The fraction of sp³-hybridized carbons (Fsp3) is 0.500. The zero-order valence-corrected chi connectivity index (χ0v) is 17.0. The van der Waals surface area contributed by atoms with Crippen LogP contribution in [0.4, 0.5) is 5.69 Å². The number of anilines is 1. The number of hydrogen-bond acceptors (Lipinski definition) is 4. The van der Waals surface area contributed by atoms with Crippen LogP contribution in [0.3, 0.4) is 0 Å². The highest BCUT2D eigenvalue weighted by Crippen LogP contribution is 2.32. The Morgan fingerprint density at radius 1 is 1.28 bits per heavy atom. The molecule has 1 fully saturated rings. The minimum Gasteiger partial charge on any atom is -0.324 e. The summed E-state index contributed by atoms with van der Waals surface area (Å²) in [6.45, 7) is 4.02. The largest absolute Gasteiger partial charge is 0.324 e. The van der Waals surface area contributed by atoms with Gasteiger partial charge in [-0.15, -0.1) is 10.2 Å². The molecule has 134 valence electrons. The van der Waals surface area contributed by atoms with Crippen LogP contribution >= 0.6 is 27.7 Å². The Morgan fingerprint density at radius 3 is 2.76 bits per heavy atom. The topological polar surface area (TPSA) is 59.8 Å². The quantitative estimate of drug-likeness (QED) is 0.696. The molecule has 1 aromatic heterocycles. The number of nitrogens with one attached hydrogen (secondary N) is 1. The molecular weight excluding hydrogens is 400 g/mol. The summed E-state index contributed by atoms with van der Waals surface area (Å²) < 4.78 is 3.12. The molecular formula is C18H23BrN4OS. The maximum absolute atomic E-state index is 12.3. The van der Waals surface area contributed by atoms with Gasteiger partial charge in [-0.1, -0.05) is 37.1 Å². The third kappa shape index (κ3) is 4.64.